The summed E-state index contributed by atoms with van der Waals surface area (Å²) in [7, 11) is 0. The molecule has 1 saturated heterocycles. The van der Waals surface area contributed by atoms with Gasteiger partial charge in [-0.1, -0.05) is 0 Å². The summed E-state index contributed by atoms with van der Waals surface area (Å²) >= 11 is 0. The summed E-state index contributed by atoms with van der Waals surface area (Å²) in [5, 5.41) is 14.2. The maximum absolute atomic E-state index is 12.5. The molecule has 1 amide bonds. The number of esters is 1. The molecule has 9 heteroatoms. The van der Waals surface area contributed by atoms with Crippen LogP contribution in [0, 0.1) is 10.1 Å². The van der Waals surface area contributed by atoms with E-state index in [2.05, 4.69) is 5.32 Å². The molecule has 0 atom stereocenters. The Morgan fingerprint density at radius 1 is 1.14 bits per heavy atom. The minimum atomic E-state index is -0.490. The lowest BCUT2D eigenvalue weighted by Crippen LogP contribution is -2.36. The molecule has 0 spiro atoms. The first-order valence-electron chi connectivity index (χ1n) is 9.19. The molecule has 3 rings (SSSR count). The van der Waals surface area contributed by atoms with Crippen LogP contribution in [0.2, 0.25) is 0 Å². The molecule has 1 aliphatic heterocycles. The molecule has 2 aromatic rings. The van der Waals surface area contributed by atoms with Crippen molar-refractivity contribution in [2.75, 3.05) is 43.1 Å². The van der Waals surface area contributed by atoms with Gasteiger partial charge >= 0.3 is 5.97 Å². The summed E-state index contributed by atoms with van der Waals surface area (Å²) in [6.07, 6.45) is 0. The van der Waals surface area contributed by atoms with Crippen LogP contribution in [-0.2, 0) is 9.47 Å². The summed E-state index contributed by atoms with van der Waals surface area (Å²) in [4.78, 5) is 37.1. The van der Waals surface area contributed by atoms with Gasteiger partial charge in [-0.2, -0.15) is 0 Å². The first-order chi connectivity index (χ1) is 14.0. The van der Waals surface area contributed by atoms with Gasteiger partial charge in [0.1, 0.15) is 5.69 Å². The monoisotopic (exact) mass is 399 g/mol. The highest BCUT2D eigenvalue weighted by Gasteiger charge is 2.23. The van der Waals surface area contributed by atoms with Crippen LogP contribution in [0.15, 0.2) is 42.5 Å². The van der Waals surface area contributed by atoms with E-state index in [1.807, 2.05) is 4.90 Å². The van der Waals surface area contributed by atoms with Crippen LogP contribution in [0.5, 0.6) is 0 Å². The SMILES string of the molecule is CCOC(=O)c1ccc(NC(=O)c2ccc(N3CCOCC3)c([N+](=O)[O-])c2)cc1. The highest BCUT2D eigenvalue weighted by Crippen LogP contribution is 2.30. The predicted octanol–water partition coefficient (Wildman–Crippen LogP) is 2.86. The molecule has 0 bridgehead atoms. The van der Waals surface area contributed by atoms with E-state index in [1.165, 1.54) is 18.2 Å². The first-order valence-corrected chi connectivity index (χ1v) is 9.19. The smallest absolute Gasteiger partial charge is 0.338 e. The number of carbonyl (C=O) groups is 2. The van der Waals surface area contributed by atoms with Gasteiger partial charge in [-0.25, -0.2) is 4.79 Å². The lowest BCUT2D eigenvalue weighted by atomic mass is 10.1. The highest BCUT2D eigenvalue weighted by molar-refractivity contribution is 6.05. The molecule has 1 fully saturated rings. The van der Waals surface area contributed by atoms with Crippen molar-refractivity contribution in [3.63, 3.8) is 0 Å². The van der Waals surface area contributed by atoms with Crippen molar-refractivity contribution < 1.29 is 24.0 Å². The van der Waals surface area contributed by atoms with Gasteiger partial charge in [-0.15, -0.1) is 0 Å². The number of morpholine rings is 1. The molecule has 152 valence electrons. The third-order valence-corrected chi connectivity index (χ3v) is 4.44. The van der Waals surface area contributed by atoms with E-state index in [1.54, 1.807) is 31.2 Å². The zero-order valence-corrected chi connectivity index (χ0v) is 15.9. The number of nitrogens with one attached hydrogen (secondary N) is 1. The first kappa shape index (κ1) is 20.3. The maximum atomic E-state index is 12.5. The standard InChI is InChI=1S/C20H21N3O6/c1-2-29-20(25)14-3-6-16(7-4-14)21-19(24)15-5-8-17(18(13-15)23(26)27)22-9-11-28-12-10-22/h3-8,13H,2,9-12H2,1H3,(H,21,24). The normalized spacial score (nSPS) is 13.6. The molecular formula is C20H21N3O6. The largest absolute Gasteiger partial charge is 0.462 e. The van der Waals surface area contributed by atoms with Crippen LogP contribution in [0.25, 0.3) is 0 Å². The van der Waals surface area contributed by atoms with E-state index in [4.69, 9.17) is 9.47 Å². The van der Waals surface area contributed by atoms with Crippen LogP contribution in [0.1, 0.15) is 27.6 Å². The lowest BCUT2D eigenvalue weighted by Gasteiger charge is -2.28. The Bertz CT molecular complexity index is 907. The number of anilines is 2. The molecule has 1 N–H and O–H groups in total. The van der Waals surface area contributed by atoms with Crippen LogP contribution in [0.4, 0.5) is 17.1 Å². The second-order valence-corrected chi connectivity index (χ2v) is 6.31. The van der Waals surface area contributed by atoms with Gasteiger partial charge in [-0.05, 0) is 43.3 Å². The summed E-state index contributed by atoms with van der Waals surface area (Å²) in [6.45, 7) is 4.10. The van der Waals surface area contributed by atoms with Crippen molar-refractivity contribution in [3.05, 3.63) is 63.7 Å². The van der Waals surface area contributed by atoms with E-state index in [0.29, 0.717) is 43.2 Å². The highest BCUT2D eigenvalue weighted by atomic mass is 16.6. The van der Waals surface area contributed by atoms with Crippen molar-refractivity contribution in [2.24, 2.45) is 0 Å². The zero-order chi connectivity index (χ0) is 20.8. The van der Waals surface area contributed by atoms with Gasteiger partial charge in [-0.3, -0.25) is 14.9 Å². The van der Waals surface area contributed by atoms with Crippen molar-refractivity contribution in [2.45, 2.75) is 6.92 Å². The Balaban J connectivity index is 1.76. The third-order valence-electron chi connectivity index (χ3n) is 4.44. The Labute approximate surface area is 167 Å². The van der Waals surface area contributed by atoms with Crippen LogP contribution in [-0.4, -0.2) is 49.7 Å². The van der Waals surface area contributed by atoms with Crippen molar-refractivity contribution in [1.82, 2.24) is 0 Å². The topological polar surface area (TPSA) is 111 Å². The Morgan fingerprint density at radius 3 is 2.41 bits per heavy atom. The second-order valence-electron chi connectivity index (χ2n) is 6.31. The number of nitro benzene ring substituents is 1. The van der Waals surface area contributed by atoms with Crippen molar-refractivity contribution in [1.29, 1.82) is 0 Å². The van der Waals surface area contributed by atoms with Crippen molar-refractivity contribution in [3.8, 4) is 0 Å². The Morgan fingerprint density at radius 2 is 1.79 bits per heavy atom. The fourth-order valence-corrected chi connectivity index (χ4v) is 2.99. The molecule has 0 saturated carbocycles. The molecule has 0 aromatic heterocycles. The number of hydrogen-bond acceptors (Lipinski definition) is 7. The zero-order valence-electron chi connectivity index (χ0n) is 15.9. The number of nitro groups is 1. The molecule has 0 unspecified atom stereocenters. The lowest BCUT2D eigenvalue weighted by molar-refractivity contribution is -0.384. The van der Waals surface area contributed by atoms with Crippen LogP contribution < -0.4 is 10.2 Å². The summed E-state index contributed by atoms with van der Waals surface area (Å²) < 4.78 is 10.2. The molecule has 1 heterocycles. The van der Waals surface area contributed by atoms with Gasteiger partial charge in [0.25, 0.3) is 11.6 Å². The van der Waals surface area contributed by atoms with Gasteiger partial charge in [0.15, 0.2) is 0 Å². The number of hydrogen-bond donors (Lipinski definition) is 1. The van der Waals surface area contributed by atoms with Crippen molar-refractivity contribution >= 4 is 28.9 Å². The molecule has 0 aliphatic carbocycles. The molecule has 0 radical (unpaired) electrons. The average molecular weight is 399 g/mol. The molecule has 2 aromatic carbocycles. The number of benzene rings is 2. The second kappa shape index (κ2) is 9.16. The summed E-state index contributed by atoms with van der Waals surface area (Å²) in [6, 6.07) is 10.6. The fourth-order valence-electron chi connectivity index (χ4n) is 2.99. The Kier molecular flexibility index (Phi) is 6.40. The molecule has 29 heavy (non-hydrogen) atoms. The van der Waals surface area contributed by atoms with E-state index in [0.717, 1.165) is 0 Å². The van der Waals surface area contributed by atoms with Crippen LogP contribution >= 0.6 is 0 Å². The van der Waals surface area contributed by atoms with Crippen LogP contribution in [0.3, 0.4) is 0 Å². The van der Waals surface area contributed by atoms with E-state index in [-0.39, 0.29) is 17.9 Å². The summed E-state index contributed by atoms with van der Waals surface area (Å²) in [5.74, 6) is -0.926. The quantitative estimate of drug-likeness (QED) is 0.452. The van der Waals surface area contributed by atoms with Gasteiger partial charge in [0.2, 0.25) is 0 Å². The Hall–Kier alpha value is -3.46. The van der Waals surface area contributed by atoms with E-state index < -0.39 is 16.8 Å². The number of amides is 1. The van der Waals surface area contributed by atoms with E-state index >= 15 is 0 Å². The number of rotatable bonds is 6. The average Bonchev–Trinajstić information content (AvgIpc) is 2.74. The van der Waals surface area contributed by atoms with Gasteiger partial charge < -0.3 is 19.7 Å². The molecule has 9 nitrogen and oxygen atoms in total. The van der Waals surface area contributed by atoms with Gasteiger partial charge in [0, 0.05) is 30.4 Å². The number of ether oxygens (including phenoxy) is 2. The predicted molar refractivity (Wildman–Crippen MR) is 106 cm³/mol. The summed E-state index contributed by atoms with van der Waals surface area (Å²) in [5.41, 5.74) is 1.34. The molecule has 1 aliphatic rings. The number of nitrogens with zero attached hydrogens (tertiary/aromatic N) is 2. The fraction of sp³-hybridized carbons (Fsp3) is 0.300. The third kappa shape index (κ3) is 4.88. The minimum absolute atomic E-state index is 0.128. The number of carbonyl (C=O) groups excluding carboxylic acids is 2. The van der Waals surface area contributed by atoms with E-state index in [9.17, 15) is 19.7 Å². The van der Waals surface area contributed by atoms with Gasteiger partial charge in [0.05, 0.1) is 30.3 Å². The minimum Gasteiger partial charge on any atom is -0.462 e. The molecular weight excluding hydrogens is 378 g/mol. The maximum Gasteiger partial charge on any atom is 0.338 e.